The van der Waals surface area contributed by atoms with E-state index >= 15 is 0 Å². The summed E-state index contributed by atoms with van der Waals surface area (Å²) >= 11 is 3.76. The van der Waals surface area contributed by atoms with E-state index in [-0.39, 0.29) is 21.7 Å². The van der Waals surface area contributed by atoms with Crippen molar-refractivity contribution in [2.75, 3.05) is 7.11 Å². The molecule has 0 aromatic heterocycles. The lowest BCUT2D eigenvalue weighted by molar-refractivity contribution is 0.380. The molecule has 2 aromatic carbocycles. The zero-order valence-corrected chi connectivity index (χ0v) is 30.2. The summed E-state index contributed by atoms with van der Waals surface area (Å²) in [5, 5.41) is 11.1. The molecule has 0 saturated carbocycles. The molecule has 0 aliphatic carbocycles. The van der Waals surface area contributed by atoms with Crippen molar-refractivity contribution >= 4 is 23.5 Å². The molecule has 1 atom stereocenters. The third-order valence-corrected chi connectivity index (χ3v) is 8.44. The van der Waals surface area contributed by atoms with Crippen LogP contribution in [-0.2, 0) is 21.7 Å². The van der Waals surface area contributed by atoms with Gasteiger partial charge in [-0.1, -0.05) is 111 Å². The van der Waals surface area contributed by atoms with Crippen LogP contribution in [0.3, 0.4) is 0 Å². The van der Waals surface area contributed by atoms with Crippen LogP contribution < -0.4 is 4.74 Å². The summed E-state index contributed by atoms with van der Waals surface area (Å²) < 4.78 is 6.25. The standard InChI is InChI=1S/C31H48O2S2.2C2H6/c1-19(34-20-15-22(28(2,3)4)26(32)23(16-20)29(5,6)7)35-21-17-24(30(8,9)10)27(33-14)25(18-21)31(11,12)13;2*1-2/h15-19,32H,1-14H3;2*1-2H3. The Hall–Kier alpha value is -1.26. The van der Waals surface area contributed by atoms with E-state index in [1.807, 2.05) is 51.2 Å². The van der Waals surface area contributed by atoms with Gasteiger partial charge in [0, 0.05) is 32.0 Å². The molecule has 0 fully saturated rings. The van der Waals surface area contributed by atoms with Crippen LogP contribution in [0.15, 0.2) is 34.1 Å². The highest BCUT2D eigenvalue weighted by Crippen LogP contribution is 2.47. The van der Waals surface area contributed by atoms with Crippen molar-refractivity contribution in [1.29, 1.82) is 0 Å². The monoisotopic (exact) mass is 576 g/mol. The summed E-state index contributed by atoms with van der Waals surface area (Å²) in [7, 11) is 1.79. The molecule has 0 aliphatic heterocycles. The SMILES string of the molecule is CC.CC.COc1c(C(C)(C)C)cc(SC(C)Sc2cc(C(C)(C)C)c(O)c(C(C)(C)C)c2)cc1C(C)(C)C. The Balaban J connectivity index is 0.00000344. The molecule has 2 rings (SSSR count). The van der Waals surface area contributed by atoms with Crippen LogP contribution in [0.1, 0.15) is 140 Å². The molecule has 224 valence electrons. The highest BCUT2D eigenvalue weighted by Gasteiger charge is 2.29. The van der Waals surface area contributed by atoms with E-state index in [9.17, 15) is 5.11 Å². The van der Waals surface area contributed by atoms with Gasteiger partial charge >= 0.3 is 0 Å². The van der Waals surface area contributed by atoms with Gasteiger partial charge in [0.05, 0.1) is 11.7 Å². The fourth-order valence-corrected chi connectivity index (χ4v) is 6.60. The summed E-state index contributed by atoms with van der Waals surface area (Å²) in [5.41, 5.74) is 4.24. The van der Waals surface area contributed by atoms with E-state index in [1.165, 1.54) is 20.9 Å². The van der Waals surface area contributed by atoms with Crippen molar-refractivity contribution < 1.29 is 9.84 Å². The second-order valence-electron chi connectivity index (χ2n) is 13.7. The van der Waals surface area contributed by atoms with Gasteiger partial charge < -0.3 is 9.84 Å². The van der Waals surface area contributed by atoms with Gasteiger partial charge in [-0.25, -0.2) is 0 Å². The van der Waals surface area contributed by atoms with Gasteiger partial charge in [-0.05, 0) is 52.8 Å². The fourth-order valence-electron chi connectivity index (χ4n) is 4.23. The molecule has 0 radical (unpaired) electrons. The normalized spacial score (nSPS) is 13.1. The molecule has 1 unspecified atom stereocenters. The van der Waals surface area contributed by atoms with Crippen LogP contribution in [-0.4, -0.2) is 16.8 Å². The number of hydrogen-bond donors (Lipinski definition) is 1. The van der Waals surface area contributed by atoms with Gasteiger partial charge in [-0.3, -0.25) is 0 Å². The van der Waals surface area contributed by atoms with Crippen molar-refractivity contribution in [3.8, 4) is 11.5 Å². The van der Waals surface area contributed by atoms with Crippen LogP contribution in [0, 0.1) is 0 Å². The van der Waals surface area contributed by atoms with Crippen molar-refractivity contribution in [2.45, 2.75) is 154 Å². The van der Waals surface area contributed by atoms with Gasteiger partial charge in [-0.2, -0.15) is 0 Å². The molecular formula is C35H60O2S2. The van der Waals surface area contributed by atoms with Crippen LogP contribution in [0.5, 0.6) is 11.5 Å². The number of hydrogen-bond acceptors (Lipinski definition) is 4. The summed E-state index contributed by atoms with van der Waals surface area (Å²) in [6.07, 6.45) is 0. The zero-order chi connectivity index (χ0) is 31.1. The number of methoxy groups -OCH3 is 1. The first-order chi connectivity index (χ1) is 17.7. The topological polar surface area (TPSA) is 29.5 Å². The summed E-state index contributed by atoms with van der Waals surface area (Å²) in [6.45, 7) is 36.8. The second kappa shape index (κ2) is 14.6. The Labute approximate surface area is 251 Å². The van der Waals surface area contributed by atoms with E-state index in [4.69, 9.17) is 4.74 Å². The maximum absolute atomic E-state index is 11.1. The van der Waals surface area contributed by atoms with Crippen molar-refractivity contribution in [3.05, 3.63) is 46.5 Å². The minimum absolute atomic E-state index is 0.0154. The Bertz CT molecular complexity index is 972. The Morgan fingerprint density at radius 2 is 0.821 bits per heavy atom. The van der Waals surface area contributed by atoms with Crippen LogP contribution >= 0.6 is 23.5 Å². The molecule has 0 heterocycles. The Morgan fingerprint density at radius 3 is 1.05 bits per heavy atom. The molecule has 0 amide bonds. The Morgan fingerprint density at radius 1 is 0.564 bits per heavy atom. The number of benzene rings is 2. The summed E-state index contributed by atoms with van der Waals surface area (Å²) in [6, 6.07) is 8.99. The molecule has 2 aromatic rings. The number of aromatic hydroxyl groups is 1. The third kappa shape index (κ3) is 10.6. The van der Waals surface area contributed by atoms with Gasteiger partial charge in [0.15, 0.2) is 0 Å². The highest BCUT2D eigenvalue weighted by molar-refractivity contribution is 8.17. The predicted octanol–water partition coefficient (Wildman–Crippen LogP) is 11.9. The minimum atomic E-state index is -0.129. The predicted molar refractivity (Wildman–Crippen MR) is 180 cm³/mol. The van der Waals surface area contributed by atoms with Crippen LogP contribution in [0.4, 0.5) is 0 Å². The average Bonchev–Trinajstić information content (AvgIpc) is 2.79. The number of phenols is 1. The smallest absolute Gasteiger partial charge is 0.126 e. The molecule has 0 bridgehead atoms. The molecule has 39 heavy (non-hydrogen) atoms. The Kier molecular flexibility index (Phi) is 14.1. The molecule has 0 spiro atoms. The van der Waals surface area contributed by atoms with Crippen molar-refractivity contribution in [2.24, 2.45) is 0 Å². The molecule has 0 saturated heterocycles. The van der Waals surface area contributed by atoms with Crippen LogP contribution in [0.25, 0.3) is 0 Å². The molecular weight excluding hydrogens is 517 g/mol. The number of ether oxygens (including phenoxy) is 1. The zero-order valence-electron chi connectivity index (χ0n) is 28.6. The first-order valence-electron chi connectivity index (χ1n) is 14.6. The van der Waals surface area contributed by atoms with E-state index in [1.54, 1.807) is 7.11 Å². The van der Waals surface area contributed by atoms with Crippen LogP contribution in [0.2, 0.25) is 0 Å². The second-order valence-corrected chi connectivity index (χ2v) is 16.8. The summed E-state index contributed by atoms with van der Waals surface area (Å²) in [5.74, 6) is 1.45. The van der Waals surface area contributed by atoms with Gasteiger partial charge in [0.25, 0.3) is 0 Å². The lowest BCUT2D eigenvalue weighted by Gasteiger charge is -2.30. The van der Waals surface area contributed by atoms with E-state index in [2.05, 4.69) is 114 Å². The number of rotatable bonds is 5. The van der Waals surface area contributed by atoms with E-state index in [0.717, 1.165) is 16.9 Å². The van der Waals surface area contributed by atoms with Gasteiger partial charge in [0.2, 0.25) is 0 Å². The minimum Gasteiger partial charge on any atom is -0.507 e. The van der Waals surface area contributed by atoms with Gasteiger partial charge in [-0.15, -0.1) is 23.5 Å². The average molecular weight is 577 g/mol. The summed E-state index contributed by atoms with van der Waals surface area (Å²) in [4.78, 5) is 2.48. The number of phenolic OH excluding ortho intramolecular Hbond substituents is 1. The van der Waals surface area contributed by atoms with E-state index in [0.29, 0.717) is 10.3 Å². The first kappa shape index (κ1) is 37.7. The number of thioether (sulfide) groups is 2. The fraction of sp³-hybridized carbons (Fsp3) is 0.657. The maximum Gasteiger partial charge on any atom is 0.126 e. The molecule has 1 N–H and O–H groups in total. The lowest BCUT2D eigenvalue weighted by Crippen LogP contribution is -2.19. The lowest BCUT2D eigenvalue weighted by atomic mass is 9.79. The quantitative estimate of drug-likeness (QED) is 0.283. The van der Waals surface area contributed by atoms with E-state index < -0.39 is 0 Å². The first-order valence-corrected chi connectivity index (χ1v) is 16.4. The molecule has 4 heteroatoms. The van der Waals surface area contributed by atoms with Crippen molar-refractivity contribution in [1.82, 2.24) is 0 Å². The third-order valence-electron chi connectivity index (χ3n) is 6.19. The highest BCUT2D eigenvalue weighted by atomic mass is 32.2. The van der Waals surface area contributed by atoms with Crippen molar-refractivity contribution in [3.63, 3.8) is 0 Å². The van der Waals surface area contributed by atoms with Gasteiger partial charge in [0.1, 0.15) is 11.5 Å². The molecule has 2 nitrogen and oxygen atoms in total. The largest absolute Gasteiger partial charge is 0.507 e. The maximum atomic E-state index is 11.1. The molecule has 0 aliphatic rings.